The number of anilines is 1. The topological polar surface area (TPSA) is 96.7 Å². The maximum absolute atomic E-state index is 11.7. The number of carbonyl (C=O) groups is 1. The van der Waals surface area contributed by atoms with Crippen molar-refractivity contribution in [3.8, 4) is 0 Å². The van der Waals surface area contributed by atoms with Crippen molar-refractivity contribution in [1.29, 1.82) is 0 Å². The molecule has 1 fully saturated rings. The number of nitrogen functional groups attached to an aromatic ring is 1. The predicted octanol–water partition coefficient (Wildman–Crippen LogP) is 0.695. The fraction of sp³-hybridized carbons (Fsp3) is 0.700. The first-order valence-electron chi connectivity index (χ1n) is 5.65. The van der Waals surface area contributed by atoms with Crippen LogP contribution in [0, 0.1) is 5.92 Å². The van der Waals surface area contributed by atoms with Gasteiger partial charge < -0.3 is 11.1 Å². The summed E-state index contributed by atoms with van der Waals surface area (Å²) in [6, 6.07) is 0.182. The Balaban J connectivity index is 1.91. The minimum Gasteiger partial charge on any atom is -0.366 e. The van der Waals surface area contributed by atoms with E-state index < -0.39 is 0 Å². The van der Waals surface area contributed by atoms with Gasteiger partial charge in [-0.3, -0.25) is 9.89 Å². The summed E-state index contributed by atoms with van der Waals surface area (Å²) in [5.74, 6) is 0.633. The molecule has 1 atom stereocenters. The van der Waals surface area contributed by atoms with Crippen LogP contribution in [0.5, 0.6) is 0 Å². The summed E-state index contributed by atoms with van der Waals surface area (Å²) < 4.78 is 0. The Kier molecular flexibility index (Phi) is 3.07. The molecular formula is C10H17N5O. The van der Waals surface area contributed by atoms with Crippen molar-refractivity contribution in [3.63, 3.8) is 0 Å². The molecule has 4 N–H and O–H groups in total. The first-order chi connectivity index (χ1) is 7.66. The van der Waals surface area contributed by atoms with Crippen molar-refractivity contribution in [2.75, 3.05) is 5.73 Å². The van der Waals surface area contributed by atoms with E-state index in [1.165, 1.54) is 25.7 Å². The maximum Gasteiger partial charge on any atom is 0.288 e. The maximum atomic E-state index is 11.7. The second kappa shape index (κ2) is 4.51. The number of carbonyl (C=O) groups excluding carboxylic acids is 1. The Bertz CT molecular complexity index is 369. The first-order valence-corrected chi connectivity index (χ1v) is 5.65. The molecule has 1 aliphatic carbocycles. The van der Waals surface area contributed by atoms with Gasteiger partial charge >= 0.3 is 0 Å². The van der Waals surface area contributed by atoms with Crippen LogP contribution >= 0.6 is 0 Å². The monoisotopic (exact) mass is 223 g/mol. The van der Waals surface area contributed by atoms with Gasteiger partial charge in [0, 0.05) is 6.04 Å². The molecule has 6 nitrogen and oxygen atoms in total. The van der Waals surface area contributed by atoms with Gasteiger partial charge in [0.25, 0.3) is 5.91 Å². The largest absolute Gasteiger partial charge is 0.366 e. The summed E-state index contributed by atoms with van der Waals surface area (Å²) in [6.45, 7) is 2.04. The lowest BCUT2D eigenvalue weighted by Gasteiger charge is -2.19. The van der Waals surface area contributed by atoms with Gasteiger partial charge in [-0.05, 0) is 25.7 Å². The van der Waals surface area contributed by atoms with E-state index in [2.05, 4.69) is 20.5 Å². The molecule has 0 spiro atoms. The summed E-state index contributed by atoms with van der Waals surface area (Å²) in [6.07, 6.45) is 4.92. The average molecular weight is 223 g/mol. The van der Waals surface area contributed by atoms with Crippen molar-refractivity contribution in [2.24, 2.45) is 5.92 Å². The SMILES string of the molecule is C[C@H](NC(=O)c1nc(N)n[nH]1)C1CCCC1. The number of H-pyrrole nitrogens is 1. The fourth-order valence-corrected chi connectivity index (χ4v) is 2.23. The highest BCUT2D eigenvalue weighted by atomic mass is 16.2. The van der Waals surface area contributed by atoms with Gasteiger partial charge in [0.05, 0.1) is 0 Å². The summed E-state index contributed by atoms with van der Waals surface area (Å²) in [5, 5.41) is 9.05. The highest BCUT2D eigenvalue weighted by molar-refractivity contribution is 5.90. The molecule has 1 aromatic heterocycles. The van der Waals surface area contributed by atoms with Gasteiger partial charge in [0.15, 0.2) is 0 Å². The predicted molar refractivity (Wildman–Crippen MR) is 59.7 cm³/mol. The molecule has 0 aromatic carbocycles. The number of nitrogens with two attached hydrogens (primary N) is 1. The lowest BCUT2D eigenvalue weighted by Crippen LogP contribution is -2.37. The smallest absolute Gasteiger partial charge is 0.288 e. The van der Waals surface area contributed by atoms with Crippen LogP contribution < -0.4 is 11.1 Å². The van der Waals surface area contributed by atoms with Crippen molar-refractivity contribution >= 4 is 11.9 Å². The second-order valence-corrected chi connectivity index (χ2v) is 4.35. The van der Waals surface area contributed by atoms with Crippen molar-refractivity contribution in [2.45, 2.75) is 38.6 Å². The highest BCUT2D eigenvalue weighted by Gasteiger charge is 2.23. The van der Waals surface area contributed by atoms with Crippen LogP contribution in [0.4, 0.5) is 5.95 Å². The van der Waals surface area contributed by atoms with Crippen molar-refractivity contribution in [3.05, 3.63) is 5.82 Å². The van der Waals surface area contributed by atoms with E-state index in [1.54, 1.807) is 0 Å². The number of hydrogen-bond donors (Lipinski definition) is 3. The van der Waals surface area contributed by atoms with E-state index in [4.69, 9.17) is 5.73 Å². The van der Waals surface area contributed by atoms with E-state index in [0.29, 0.717) is 5.92 Å². The molecule has 0 bridgehead atoms. The lowest BCUT2D eigenvalue weighted by atomic mass is 10.00. The minimum atomic E-state index is -0.233. The normalized spacial score (nSPS) is 18.6. The third-order valence-electron chi connectivity index (χ3n) is 3.18. The zero-order valence-electron chi connectivity index (χ0n) is 9.36. The van der Waals surface area contributed by atoms with Gasteiger partial charge in [-0.1, -0.05) is 12.8 Å². The molecule has 0 saturated heterocycles. The fourth-order valence-electron chi connectivity index (χ4n) is 2.23. The van der Waals surface area contributed by atoms with E-state index in [9.17, 15) is 4.79 Å². The van der Waals surface area contributed by atoms with Crippen LogP contribution in [0.15, 0.2) is 0 Å². The van der Waals surface area contributed by atoms with Crippen molar-refractivity contribution in [1.82, 2.24) is 20.5 Å². The molecule has 1 heterocycles. The van der Waals surface area contributed by atoms with E-state index in [1.807, 2.05) is 6.92 Å². The van der Waals surface area contributed by atoms with Gasteiger partial charge in [-0.15, -0.1) is 5.10 Å². The molecule has 0 unspecified atom stereocenters. The molecule has 16 heavy (non-hydrogen) atoms. The molecular weight excluding hydrogens is 206 g/mol. The number of nitrogens with zero attached hydrogens (tertiary/aromatic N) is 2. The Morgan fingerprint density at radius 3 is 2.81 bits per heavy atom. The second-order valence-electron chi connectivity index (χ2n) is 4.35. The summed E-state index contributed by atoms with van der Waals surface area (Å²) in [5.41, 5.74) is 5.34. The van der Waals surface area contributed by atoms with Gasteiger partial charge in [-0.2, -0.15) is 4.98 Å². The zero-order valence-corrected chi connectivity index (χ0v) is 9.36. The number of rotatable bonds is 3. The van der Waals surface area contributed by atoms with Gasteiger partial charge in [0.2, 0.25) is 11.8 Å². The molecule has 0 aliphatic heterocycles. The number of nitrogens with one attached hydrogen (secondary N) is 2. The van der Waals surface area contributed by atoms with E-state index in [0.717, 1.165) is 0 Å². The molecule has 1 amide bonds. The first kappa shape index (κ1) is 10.9. The molecule has 1 aromatic rings. The zero-order chi connectivity index (χ0) is 11.5. The van der Waals surface area contributed by atoms with Crippen LogP contribution in [-0.4, -0.2) is 27.1 Å². The number of aromatic amines is 1. The Hall–Kier alpha value is -1.59. The van der Waals surface area contributed by atoms with Gasteiger partial charge in [0.1, 0.15) is 0 Å². The van der Waals surface area contributed by atoms with Crippen LogP contribution in [0.25, 0.3) is 0 Å². The Morgan fingerprint density at radius 2 is 2.25 bits per heavy atom. The lowest BCUT2D eigenvalue weighted by molar-refractivity contribution is 0.0917. The molecule has 6 heteroatoms. The summed E-state index contributed by atoms with van der Waals surface area (Å²) in [4.78, 5) is 15.5. The summed E-state index contributed by atoms with van der Waals surface area (Å²) in [7, 11) is 0. The third-order valence-corrected chi connectivity index (χ3v) is 3.18. The Labute approximate surface area is 94.0 Å². The Morgan fingerprint density at radius 1 is 1.56 bits per heavy atom. The quantitative estimate of drug-likeness (QED) is 0.702. The van der Waals surface area contributed by atoms with Gasteiger partial charge in [-0.25, -0.2) is 0 Å². The van der Waals surface area contributed by atoms with E-state index in [-0.39, 0.29) is 23.7 Å². The standard InChI is InChI=1S/C10H17N5O/c1-6(7-4-2-3-5-7)12-9(16)8-13-10(11)15-14-8/h6-7H,2-5H2,1H3,(H,12,16)(H3,11,13,14,15)/t6-/m0/s1. The molecule has 2 rings (SSSR count). The van der Waals surface area contributed by atoms with Crippen LogP contribution in [0.2, 0.25) is 0 Å². The number of amides is 1. The molecule has 1 aliphatic rings. The van der Waals surface area contributed by atoms with Crippen LogP contribution in [0.3, 0.4) is 0 Å². The highest BCUT2D eigenvalue weighted by Crippen LogP contribution is 2.27. The number of aromatic nitrogens is 3. The van der Waals surface area contributed by atoms with E-state index >= 15 is 0 Å². The average Bonchev–Trinajstić information content (AvgIpc) is 2.87. The molecule has 1 saturated carbocycles. The number of hydrogen-bond acceptors (Lipinski definition) is 4. The van der Waals surface area contributed by atoms with Crippen LogP contribution in [0.1, 0.15) is 43.2 Å². The summed E-state index contributed by atoms with van der Waals surface area (Å²) >= 11 is 0. The molecule has 88 valence electrons. The van der Waals surface area contributed by atoms with Crippen molar-refractivity contribution < 1.29 is 4.79 Å². The van der Waals surface area contributed by atoms with Crippen LogP contribution in [-0.2, 0) is 0 Å². The molecule has 0 radical (unpaired) electrons. The minimum absolute atomic E-state index is 0.0960. The third kappa shape index (κ3) is 2.32.